The van der Waals surface area contributed by atoms with Gasteiger partial charge in [-0.2, -0.15) is 0 Å². The van der Waals surface area contributed by atoms with Gasteiger partial charge in [-0.3, -0.25) is 4.98 Å². The lowest BCUT2D eigenvalue weighted by molar-refractivity contribution is 0.887. The van der Waals surface area contributed by atoms with Crippen LogP contribution in [-0.2, 0) is 5.75 Å². The van der Waals surface area contributed by atoms with E-state index in [0.717, 1.165) is 20.9 Å². The second kappa shape index (κ2) is 6.58. The minimum absolute atomic E-state index is 0.472. The van der Waals surface area contributed by atoms with Crippen LogP contribution in [0.3, 0.4) is 0 Å². The standard InChI is InChI=1S/C12H13BrN4S2/c1-7-4-3-5-15-8(7)6-19-12-16-10(14)9(13)11(17-12)18-2/h3-5H,6H2,1-2H3,(H2,14,16,17). The van der Waals surface area contributed by atoms with Crippen LogP contribution in [0.15, 0.2) is 33.0 Å². The minimum atomic E-state index is 0.472. The van der Waals surface area contributed by atoms with Crippen LogP contribution in [0.25, 0.3) is 0 Å². The minimum Gasteiger partial charge on any atom is -0.383 e. The van der Waals surface area contributed by atoms with Gasteiger partial charge in [-0.05, 0) is 40.7 Å². The van der Waals surface area contributed by atoms with Gasteiger partial charge in [0.2, 0.25) is 0 Å². The van der Waals surface area contributed by atoms with Crippen molar-refractivity contribution in [2.45, 2.75) is 22.9 Å². The highest BCUT2D eigenvalue weighted by Crippen LogP contribution is 2.31. The van der Waals surface area contributed by atoms with Crippen LogP contribution >= 0.6 is 39.5 Å². The van der Waals surface area contributed by atoms with Gasteiger partial charge in [0.15, 0.2) is 5.16 Å². The van der Waals surface area contributed by atoms with E-state index in [-0.39, 0.29) is 0 Å². The molecule has 0 fully saturated rings. The molecule has 0 saturated heterocycles. The lowest BCUT2D eigenvalue weighted by Crippen LogP contribution is -1.99. The number of nitrogen functional groups attached to an aromatic ring is 1. The Bertz CT molecular complexity index is 592. The van der Waals surface area contributed by atoms with Gasteiger partial charge in [0.25, 0.3) is 0 Å². The van der Waals surface area contributed by atoms with Gasteiger partial charge < -0.3 is 5.73 Å². The van der Waals surface area contributed by atoms with Crippen LogP contribution in [0, 0.1) is 6.92 Å². The molecule has 0 spiro atoms. The Hall–Kier alpha value is -0.790. The summed E-state index contributed by atoms with van der Waals surface area (Å²) in [5.74, 6) is 1.21. The summed E-state index contributed by atoms with van der Waals surface area (Å²) in [5.41, 5.74) is 8.07. The van der Waals surface area contributed by atoms with Gasteiger partial charge in [0, 0.05) is 11.9 Å². The summed E-state index contributed by atoms with van der Waals surface area (Å²) in [7, 11) is 0. The predicted octanol–water partition coefficient (Wildman–Crippen LogP) is 3.54. The smallest absolute Gasteiger partial charge is 0.191 e. The second-order valence-corrected chi connectivity index (χ2v) is 6.30. The van der Waals surface area contributed by atoms with E-state index in [1.54, 1.807) is 29.7 Å². The fraction of sp³-hybridized carbons (Fsp3) is 0.250. The molecule has 0 atom stereocenters. The lowest BCUT2D eigenvalue weighted by atomic mass is 10.2. The molecule has 0 aliphatic carbocycles. The van der Waals surface area contributed by atoms with Crippen molar-refractivity contribution in [2.24, 2.45) is 0 Å². The molecule has 2 aromatic rings. The lowest BCUT2D eigenvalue weighted by Gasteiger charge is -2.07. The molecular weight excluding hydrogens is 344 g/mol. The Morgan fingerprint density at radius 2 is 2.16 bits per heavy atom. The number of pyridine rings is 1. The van der Waals surface area contributed by atoms with E-state index in [4.69, 9.17) is 5.73 Å². The molecular formula is C12H13BrN4S2. The number of halogens is 1. The zero-order valence-corrected chi connectivity index (χ0v) is 13.8. The zero-order valence-electron chi connectivity index (χ0n) is 10.6. The quantitative estimate of drug-likeness (QED) is 0.513. The normalized spacial score (nSPS) is 10.7. The molecule has 0 saturated carbocycles. The Morgan fingerprint density at radius 3 is 2.84 bits per heavy atom. The number of aryl methyl sites for hydroxylation is 1. The monoisotopic (exact) mass is 356 g/mol. The molecule has 0 amide bonds. The molecule has 19 heavy (non-hydrogen) atoms. The van der Waals surface area contributed by atoms with Crippen molar-refractivity contribution < 1.29 is 0 Å². The van der Waals surface area contributed by atoms with Gasteiger partial charge >= 0.3 is 0 Å². The molecule has 4 nitrogen and oxygen atoms in total. The molecule has 2 heterocycles. The van der Waals surface area contributed by atoms with Crippen molar-refractivity contribution in [3.8, 4) is 0 Å². The summed E-state index contributed by atoms with van der Waals surface area (Å²) in [6.07, 6.45) is 3.76. The fourth-order valence-electron chi connectivity index (χ4n) is 1.42. The summed E-state index contributed by atoms with van der Waals surface area (Å²) in [6, 6.07) is 3.98. The number of nitrogens with zero attached hydrogens (tertiary/aromatic N) is 3. The Kier molecular flexibility index (Phi) is 5.06. The molecule has 2 N–H and O–H groups in total. The third-order valence-corrected chi connectivity index (χ3v) is 5.06. The van der Waals surface area contributed by atoms with Crippen molar-refractivity contribution in [1.29, 1.82) is 0 Å². The van der Waals surface area contributed by atoms with E-state index in [1.807, 2.05) is 25.3 Å². The number of hydrogen-bond donors (Lipinski definition) is 1. The molecule has 0 radical (unpaired) electrons. The molecule has 2 rings (SSSR count). The van der Waals surface area contributed by atoms with E-state index in [9.17, 15) is 0 Å². The molecule has 0 aliphatic rings. The number of aromatic nitrogens is 3. The molecule has 7 heteroatoms. The van der Waals surface area contributed by atoms with Crippen molar-refractivity contribution >= 4 is 45.3 Å². The summed E-state index contributed by atoms with van der Waals surface area (Å²) in [4.78, 5) is 13.1. The second-order valence-electron chi connectivity index (χ2n) is 3.77. The maximum absolute atomic E-state index is 5.86. The average molecular weight is 357 g/mol. The largest absolute Gasteiger partial charge is 0.383 e. The number of hydrogen-bond acceptors (Lipinski definition) is 6. The van der Waals surface area contributed by atoms with Crippen molar-refractivity contribution in [1.82, 2.24) is 15.0 Å². The van der Waals surface area contributed by atoms with E-state index in [0.29, 0.717) is 11.0 Å². The highest BCUT2D eigenvalue weighted by atomic mass is 79.9. The number of nitrogens with two attached hydrogens (primary N) is 1. The summed E-state index contributed by atoms with van der Waals surface area (Å²) < 4.78 is 0.762. The van der Waals surface area contributed by atoms with Crippen LogP contribution in [-0.4, -0.2) is 21.2 Å². The van der Waals surface area contributed by atoms with Gasteiger partial charge in [0.1, 0.15) is 10.8 Å². The summed E-state index contributed by atoms with van der Waals surface area (Å²) in [6.45, 7) is 2.05. The van der Waals surface area contributed by atoms with Crippen molar-refractivity contribution in [3.63, 3.8) is 0 Å². The Morgan fingerprint density at radius 1 is 1.37 bits per heavy atom. The number of thioether (sulfide) groups is 2. The molecule has 100 valence electrons. The third-order valence-electron chi connectivity index (χ3n) is 2.48. The molecule has 0 aromatic carbocycles. The predicted molar refractivity (Wildman–Crippen MR) is 84.5 cm³/mol. The zero-order chi connectivity index (χ0) is 13.8. The summed E-state index contributed by atoms with van der Waals surface area (Å²) >= 11 is 6.47. The average Bonchev–Trinajstić information content (AvgIpc) is 2.41. The Labute approximate surface area is 129 Å². The van der Waals surface area contributed by atoms with Crippen LogP contribution in [0.4, 0.5) is 5.82 Å². The van der Waals surface area contributed by atoms with Crippen molar-refractivity contribution in [3.05, 3.63) is 34.1 Å². The van der Waals surface area contributed by atoms with Crippen LogP contribution in [0.5, 0.6) is 0 Å². The maximum atomic E-state index is 5.86. The van der Waals surface area contributed by atoms with Crippen LogP contribution in [0.2, 0.25) is 0 Å². The highest BCUT2D eigenvalue weighted by Gasteiger charge is 2.10. The van der Waals surface area contributed by atoms with Gasteiger partial charge in [-0.15, -0.1) is 11.8 Å². The highest BCUT2D eigenvalue weighted by molar-refractivity contribution is 9.10. The van der Waals surface area contributed by atoms with Crippen LogP contribution < -0.4 is 5.73 Å². The maximum Gasteiger partial charge on any atom is 0.191 e. The Balaban J connectivity index is 2.16. The first-order valence-corrected chi connectivity index (χ1v) is 8.52. The first-order valence-electron chi connectivity index (χ1n) is 5.52. The first-order chi connectivity index (χ1) is 9.11. The molecule has 0 aliphatic heterocycles. The van der Waals surface area contributed by atoms with E-state index >= 15 is 0 Å². The van der Waals surface area contributed by atoms with E-state index in [2.05, 4.69) is 30.9 Å². The molecule has 0 unspecified atom stereocenters. The molecule has 0 bridgehead atoms. The SMILES string of the molecule is CSc1nc(SCc2ncccc2C)nc(N)c1Br. The van der Waals surface area contributed by atoms with Crippen LogP contribution in [0.1, 0.15) is 11.3 Å². The van der Waals surface area contributed by atoms with Gasteiger partial charge in [-0.1, -0.05) is 17.8 Å². The number of rotatable bonds is 4. The number of anilines is 1. The fourth-order valence-corrected chi connectivity index (χ4v) is 3.49. The first kappa shape index (κ1) is 14.6. The van der Waals surface area contributed by atoms with Gasteiger partial charge in [-0.25, -0.2) is 9.97 Å². The summed E-state index contributed by atoms with van der Waals surface area (Å²) in [5, 5.41) is 1.53. The topological polar surface area (TPSA) is 64.7 Å². The third kappa shape index (κ3) is 3.61. The van der Waals surface area contributed by atoms with E-state index < -0.39 is 0 Å². The molecule has 2 aromatic heterocycles. The van der Waals surface area contributed by atoms with Gasteiger partial charge in [0.05, 0.1) is 10.2 Å². The van der Waals surface area contributed by atoms with Crippen molar-refractivity contribution in [2.75, 3.05) is 12.0 Å². The van der Waals surface area contributed by atoms with E-state index in [1.165, 1.54) is 5.56 Å².